The van der Waals surface area contributed by atoms with Gasteiger partial charge in [-0.15, -0.1) is 0 Å². The van der Waals surface area contributed by atoms with Gasteiger partial charge in [0.05, 0.1) is 4.90 Å². The van der Waals surface area contributed by atoms with Crippen molar-refractivity contribution in [2.45, 2.75) is 4.90 Å². The molecule has 0 spiro atoms. The minimum atomic E-state index is -4.06. The first kappa shape index (κ1) is 12.6. The SMILES string of the molecule is O=S(=O)(O)c1cccc(Br)c1.[NaH]. The Bertz CT molecular complexity index is 363. The molecule has 0 aromatic heterocycles. The normalized spacial score (nSPS) is 10.5. The van der Waals surface area contributed by atoms with Gasteiger partial charge in [0.25, 0.3) is 10.1 Å². The summed E-state index contributed by atoms with van der Waals surface area (Å²) in [5.74, 6) is 0. The Morgan fingerprint density at radius 3 is 2.25 bits per heavy atom. The van der Waals surface area contributed by atoms with Gasteiger partial charge in [0.1, 0.15) is 0 Å². The van der Waals surface area contributed by atoms with E-state index in [2.05, 4.69) is 15.9 Å². The van der Waals surface area contributed by atoms with Crippen molar-refractivity contribution in [3.05, 3.63) is 28.7 Å². The van der Waals surface area contributed by atoms with Crippen LogP contribution in [0.3, 0.4) is 0 Å². The molecule has 0 amide bonds. The van der Waals surface area contributed by atoms with E-state index in [-0.39, 0.29) is 34.5 Å². The molecule has 3 nitrogen and oxygen atoms in total. The average Bonchev–Trinajstić information content (AvgIpc) is 1.86. The summed E-state index contributed by atoms with van der Waals surface area (Å²) < 4.78 is 30.2. The van der Waals surface area contributed by atoms with Crippen LogP contribution in [0.15, 0.2) is 33.6 Å². The Labute approximate surface area is 101 Å². The van der Waals surface area contributed by atoms with Gasteiger partial charge in [-0.1, -0.05) is 22.0 Å². The van der Waals surface area contributed by atoms with Crippen molar-refractivity contribution in [1.82, 2.24) is 0 Å². The second kappa shape index (κ2) is 4.74. The van der Waals surface area contributed by atoms with Crippen molar-refractivity contribution < 1.29 is 13.0 Å². The third-order valence-corrected chi connectivity index (χ3v) is 2.44. The fraction of sp³-hybridized carbons (Fsp3) is 0. The topological polar surface area (TPSA) is 54.4 Å². The van der Waals surface area contributed by atoms with E-state index in [0.717, 1.165) is 0 Å². The summed E-state index contributed by atoms with van der Waals surface area (Å²) in [6.07, 6.45) is 0. The van der Waals surface area contributed by atoms with Crippen LogP contribution in [0.2, 0.25) is 0 Å². The van der Waals surface area contributed by atoms with Crippen molar-refractivity contribution in [2.75, 3.05) is 0 Å². The van der Waals surface area contributed by atoms with Gasteiger partial charge in [0.2, 0.25) is 0 Å². The van der Waals surface area contributed by atoms with Gasteiger partial charge in [0.15, 0.2) is 0 Å². The van der Waals surface area contributed by atoms with Gasteiger partial charge in [-0.25, -0.2) is 0 Å². The molecule has 0 saturated carbocycles. The number of hydrogen-bond acceptors (Lipinski definition) is 2. The van der Waals surface area contributed by atoms with Crippen LogP contribution in [-0.4, -0.2) is 42.5 Å². The second-order valence-electron chi connectivity index (χ2n) is 1.93. The van der Waals surface area contributed by atoms with Crippen LogP contribution in [0.5, 0.6) is 0 Å². The van der Waals surface area contributed by atoms with Crippen LogP contribution in [0, 0.1) is 0 Å². The van der Waals surface area contributed by atoms with Crippen LogP contribution in [0.4, 0.5) is 0 Å². The van der Waals surface area contributed by atoms with E-state index in [9.17, 15) is 8.42 Å². The Balaban J connectivity index is 0.00000121. The molecular formula is C6H6BrNaO3S. The average molecular weight is 261 g/mol. The van der Waals surface area contributed by atoms with Gasteiger partial charge in [-0.2, -0.15) is 8.42 Å². The number of halogens is 1. The molecule has 1 N–H and O–H groups in total. The quantitative estimate of drug-likeness (QED) is 0.607. The zero-order valence-corrected chi connectivity index (χ0v) is 7.76. The molecule has 0 radical (unpaired) electrons. The molecular weight excluding hydrogens is 255 g/mol. The van der Waals surface area contributed by atoms with Gasteiger partial charge >= 0.3 is 29.6 Å². The minimum absolute atomic E-state index is 0. The van der Waals surface area contributed by atoms with E-state index in [4.69, 9.17) is 4.55 Å². The van der Waals surface area contributed by atoms with E-state index in [0.29, 0.717) is 4.47 Å². The van der Waals surface area contributed by atoms with Crippen molar-refractivity contribution in [1.29, 1.82) is 0 Å². The number of benzene rings is 1. The molecule has 0 aliphatic rings. The summed E-state index contributed by atoms with van der Waals surface area (Å²) >= 11 is 3.08. The maximum absolute atomic E-state index is 10.5. The molecule has 1 aromatic rings. The molecule has 0 fully saturated rings. The number of hydrogen-bond donors (Lipinski definition) is 1. The molecule has 0 aliphatic carbocycles. The zero-order valence-electron chi connectivity index (χ0n) is 5.36. The summed E-state index contributed by atoms with van der Waals surface area (Å²) in [5, 5.41) is 0. The van der Waals surface area contributed by atoms with Crippen molar-refractivity contribution in [3.63, 3.8) is 0 Å². The van der Waals surface area contributed by atoms with E-state index >= 15 is 0 Å². The first-order valence-corrected chi connectivity index (χ1v) is 4.96. The van der Waals surface area contributed by atoms with Gasteiger partial charge in [0, 0.05) is 4.47 Å². The number of rotatable bonds is 1. The summed E-state index contributed by atoms with van der Waals surface area (Å²) in [7, 11) is -4.06. The molecule has 0 bridgehead atoms. The maximum atomic E-state index is 10.5. The van der Waals surface area contributed by atoms with Crippen LogP contribution in [0.1, 0.15) is 0 Å². The van der Waals surface area contributed by atoms with Crippen LogP contribution in [0.25, 0.3) is 0 Å². The van der Waals surface area contributed by atoms with Crippen molar-refractivity contribution >= 4 is 55.6 Å². The Hall–Kier alpha value is 0.610. The molecule has 0 saturated heterocycles. The monoisotopic (exact) mass is 260 g/mol. The molecule has 1 rings (SSSR count). The second-order valence-corrected chi connectivity index (χ2v) is 4.27. The first-order chi connectivity index (χ1) is 5.00. The molecule has 62 valence electrons. The Kier molecular flexibility index (Phi) is 4.98. The first-order valence-electron chi connectivity index (χ1n) is 2.73. The summed E-state index contributed by atoms with van der Waals surface area (Å²) in [4.78, 5) is -0.105. The zero-order chi connectivity index (χ0) is 8.48. The van der Waals surface area contributed by atoms with Crippen LogP contribution < -0.4 is 0 Å². The van der Waals surface area contributed by atoms with Gasteiger partial charge in [-0.3, -0.25) is 4.55 Å². The third-order valence-electron chi connectivity index (χ3n) is 1.09. The molecule has 1 aromatic carbocycles. The summed E-state index contributed by atoms with van der Waals surface area (Å²) in [6.45, 7) is 0. The van der Waals surface area contributed by atoms with E-state index in [1.54, 1.807) is 6.07 Å². The molecule has 0 heterocycles. The Morgan fingerprint density at radius 2 is 1.92 bits per heavy atom. The standard InChI is InChI=1S/C6H5BrO3S.Na.H/c7-5-2-1-3-6(4-5)11(8,9)10;;/h1-4H,(H,8,9,10);;. The van der Waals surface area contributed by atoms with E-state index < -0.39 is 10.1 Å². The van der Waals surface area contributed by atoms with Crippen LogP contribution >= 0.6 is 15.9 Å². The molecule has 6 heteroatoms. The van der Waals surface area contributed by atoms with E-state index in [1.165, 1.54) is 18.2 Å². The molecule has 0 unspecified atom stereocenters. The summed E-state index contributed by atoms with van der Waals surface area (Å²) in [6, 6.07) is 5.86. The molecule has 12 heavy (non-hydrogen) atoms. The molecule has 0 aliphatic heterocycles. The third kappa shape index (κ3) is 3.55. The molecule has 0 atom stereocenters. The fourth-order valence-corrected chi connectivity index (χ4v) is 1.70. The van der Waals surface area contributed by atoms with Gasteiger partial charge < -0.3 is 0 Å². The summed E-state index contributed by atoms with van der Waals surface area (Å²) in [5.41, 5.74) is 0. The van der Waals surface area contributed by atoms with Crippen molar-refractivity contribution in [2.24, 2.45) is 0 Å². The van der Waals surface area contributed by atoms with Gasteiger partial charge in [-0.05, 0) is 18.2 Å². The van der Waals surface area contributed by atoms with Crippen LogP contribution in [-0.2, 0) is 10.1 Å². The predicted molar refractivity (Wildman–Crippen MR) is 51.1 cm³/mol. The predicted octanol–water partition coefficient (Wildman–Crippen LogP) is 1.05. The van der Waals surface area contributed by atoms with Crippen molar-refractivity contribution in [3.8, 4) is 0 Å². The Morgan fingerprint density at radius 1 is 1.33 bits per heavy atom. The van der Waals surface area contributed by atoms with E-state index in [1.807, 2.05) is 0 Å². The fourth-order valence-electron chi connectivity index (χ4n) is 0.627.